The molecule has 0 saturated carbocycles. The molecule has 1 fully saturated rings. The Balaban J connectivity index is 2.47. The molecule has 5 nitrogen and oxygen atoms in total. The second-order valence-electron chi connectivity index (χ2n) is 5.17. The summed E-state index contributed by atoms with van der Waals surface area (Å²) in [7, 11) is 6.91. The van der Waals surface area contributed by atoms with Gasteiger partial charge in [-0.1, -0.05) is 0 Å². The van der Waals surface area contributed by atoms with Crippen molar-refractivity contribution in [3.05, 3.63) is 17.7 Å². The van der Waals surface area contributed by atoms with Crippen LogP contribution >= 0.6 is 0 Å². The van der Waals surface area contributed by atoms with E-state index in [4.69, 9.17) is 14.2 Å². The number of rotatable bonds is 4. The molecule has 1 aliphatic heterocycles. The predicted octanol–water partition coefficient (Wildman–Crippen LogP) is 1.49. The third-order valence-corrected chi connectivity index (χ3v) is 3.90. The molecule has 1 aromatic rings. The first-order valence-corrected chi connectivity index (χ1v) is 6.77. The van der Waals surface area contributed by atoms with Crippen molar-refractivity contribution in [2.45, 2.75) is 18.4 Å². The van der Waals surface area contributed by atoms with E-state index in [1.807, 2.05) is 12.1 Å². The Labute approximate surface area is 120 Å². The van der Waals surface area contributed by atoms with Gasteiger partial charge < -0.3 is 24.2 Å². The SMILES string of the molecule is COc1cc(OC)c(C2CN(C)CC[C@H]2O)c(OC)c1. The van der Waals surface area contributed by atoms with E-state index in [0.29, 0.717) is 17.2 Å². The van der Waals surface area contributed by atoms with Crippen LogP contribution in [0.2, 0.25) is 0 Å². The van der Waals surface area contributed by atoms with Crippen molar-refractivity contribution >= 4 is 0 Å². The van der Waals surface area contributed by atoms with Gasteiger partial charge in [0.05, 0.1) is 27.4 Å². The summed E-state index contributed by atoms with van der Waals surface area (Å²) < 4.78 is 16.2. The number of hydrogen-bond acceptors (Lipinski definition) is 5. The summed E-state index contributed by atoms with van der Waals surface area (Å²) in [5, 5.41) is 10.3. The molecular formula is C15H23NO4. The Bertz CT molecular complexity index is 438. The van der Waals surface area contributed by atoms with Crippen molar-refractivity contribution in [2.24, 2.45) is 0 Å². The van der Waals surface area contributed by atoms with Gasteiger partial charge in [0.1, 0.15) is 17.2 Å². The van der Waals surface area contributed by atoms with E-state index in [2.05, 4.69) is 11.9 Å². The van der Waals surface area contributed by atoms with Crippen LogP contribution in [-0.4, -0.2) is 57.6 Å². The van der Waals surface area contributed by atoms with Crippen LogP contribution in [0.25, 0.3) is 0 Å². The van der Waals surface area contributed by atoms with E-state index >= 15 is 0 Å². The molecule has 20 heavy (non-hydrogen) atoms. The van der Waals surface area contributed by atoms with Gasteiger partial charge >= 0.3 is 0 Å². The highest BCUT2D eigenvalue weighted by Gasteiger charge is 2.32. The van der Waals surface area contributed by atoms with E-state index < -0.39 is 0 Å². The molecule has 5 heteroatoms. The summed E-state index contributed by atoms with van der Waals surface area (Å²) in [6.45, 7) is 1.68. The number of aliphatic hydroxyl groups is 1. The van der Waals surface area contributed by atoms with Crippen molar-refractivity contribution in [3.63, 3.8) is 0 Å². The molecular weight excluding hydrogens is 258 g/mol. The first-order valence-electron chi connectivity index (χ1n) is 6.77. The highest BCUT2D eigenvalue weighted by Crippen LogP contribution is 2.42. The smallest absolute Gasteiger partial charge is 0.129 e. The number of methoxy groups -OCH3 is 3. The van der Waals surface area contributed by atoms with Crippen LogP contribution < -0.4 is 14.2 Å². The third-order valence-electron chi connectivity index (χ3n) is 3.90. The Hall–Kier alpha value is -1.46. The summed E-state index contributed by atoms with van der Waals surface area (Å²) >= 11 is 0. The lowest BCUT2D eigenvalue weighted by atomic mass is 9.87. The summed E-state index contributed by atoms with van der Waals surface area (Å²) in [6, 6.07) is 3.67. The molecule has 1 N–H and O–H groups in total. The molecule has 1 heterocycles. The molecule has 2 atom stereocenters. The van der Waals surface area contributed by atoms with Gasteiger partial charge in [0, 0.05) is 36.7 Å². The number of nitrogens with zero attached hydrogens (tertiary/aromatic N) is 1. The van der Waals surface area contributed by atoms with Gasteiger partial charge in [-0.05, 0) is 13.5 Å². The molecule has 2 rings (SSSR count). The van der Waals surface area contributed by atoms with Crippen LogP contribution in [0.15, 0.2) is 12.1 Å². The Morgan fingerprint density at radius 3 is 2.20 bits per heavy atom. The fourth-order valence-corrected chi connectivity index (χ4v) is 2.78. The summed E-state index contributed by atoms with van der Waals surface area (Å²) in [5.74, 6) is 2.05. The fraction of sp³-hybridized carbons (Fsp3) is 0.600. The van der Waals surface area contributed by atoms with E-state index in [-0.39, 0.29) is 12.0 Å². The number of piperidine rings is 1. The normalized spacial score (nSPS) is 23.4. The Morgan fingerprint density at radius 1 is 1.10 bits per heavy atom. The van der Waals surface area contributed by atoms with Crippen LogP contribution in [-0.2, 0) is 0 Å². The number of aliphatic hydroxyl groups excluding tert-OH is 1. The molecule has 0 aliphatic carbocycles. The highest BCUT2D eigenvalue weighted by atomic mass is 16.5. The first-order chi connectivity index (χ1) is 9.60. The molecule has 0 spiro atoms. The lowest BCUT2D eigenvalue weighted by Crippen LogP contribution is -2.39. The zero-order valence-corrected chi connectivity index (χ0v) is 12.5. The zero-order chi connectivity index (χ0) is 14.7. The zero-order valence-electron chi connectivity index (χ0n) is 12.5. The minimum atomic E-state index is -0.387. The minimum Gasteiger partial charge on any atom is -0.496 e. The number of hydrogen-bond donors (Lipinski definition) is 1. The summed E-state index contributed by atoms with van der Waals surface area (Å²) in [6.07, 6.45) is 0.363. The lowest BCUT2D eigenvalue weighted by Gasteiger charge is -2.35. The molecule has 0 radical (unpaired) electrons. The van der Waals surface area contributed by atoms with Gasteiger partial charge in [-0.25, -0.2) is 0 Å². The Kier molecular flexibility index (Phi) is 4.73. The second-order valence-corrected chi connectivity index (χ2v) is 5.17. The average Bonchev–Trinajstić information content (AvgIpc) is 2.48. The lowest BCUT2D eigenvalue weighted by molar-refractivity contribution is 0.0688. The topological polar surface area (TPSA) is 51.2 Å². The quantitative estimate of drug-likeness (QED) is 0.906. The number of benzene rings is 1. The van der Waals surface area contributed by atoms with E-state index in [9.17, 15) is 5.11 Å². The van der Waals surface area contributed by atoms with Gasteiger partial charge in [-0.2, -0.15) is 0 Å². The van der Waals surface area contributed by atoms with Gasteiger partial charge in [0.15, 0.2) is 0 Å². The van der Waals surface area contributed by atoms with Crippen LogP contribution in [0, 0.1) is 0 Å². The maximum absolute atomic E-state index is 10.3. The maximum atomic E-state index is 10.3. The van der Waals surface area contributed by atoms with Crippen LogP contribution in [0.1, 0.15) is 17.9 Å². The van der Waals surface area contributed by atoms with Gasteiger partial charge in [-0.15, -0.1) is 0 Å². The monoisotopic (exact) mass is 281 g/mol. The summed E-state index contributed by atoms with van der Waals surface area (Å²) in [5.41, 5.74) is 0.912. The van der Waals surface area contributed by atoms with Crippen molar-refractivity contribution in [2.75, 3.05) is 41.5 Å². The van der Waals surface area contributed by atoms with Crippen LogP contribution in [0.4, 0.5) is 0 Å². The van der Waals surface area contributed by atoms with Crippen molar-refractivity contribution in [1.82, 2.24) is 4.90 Å². The Morgan fingerprint density at radius 2 is 1.70 bits per heavy atom. The van der Waals surface area contributed by atoms with Gasteiger partial charge in [0.25, 0.3) is 0 Å². The van der Waals surface area contributed by atoms with Crippen LogP contribution in [0.5, 0.6) is 17.2 Å². The molecule has 1 saturated heterocycles. The molecule has 1 unspecified atom stereocenters. The summed E-state index contributed by atoms with van der Waals surface area (Å²) in [4.78, 5) is 2.21. The van der Waals surface area contributed by atoms with Gasteiger partial charge in [-0.3, -0.25) is 0 Å². The van der Waals surface area contributed by atoms with Crippen LogP contribution in [0.3, 0.4) is 0 Å². The van der Waals surface area contributed by atoms with Crippen molar-refractivity contribution in [3.8, 4) is 17.2 Å². The van der Waals surface area contributed by atoms with E-state index in [1.54, 1.807) is 21.3 Å². The average molecular weight is 281 g/mol. The number of ether oxygens (including phenoxy) is 3. The third kappa shape index (κ3) is 2.83. The molecule has 0 aromatic heterocycles. The number of likely N-dealkylation sites (tertiary alicyclic amines) is 1. The first kappa shape index (κ1) is 14.9. The molecule has 0 bridgehead atoms. The fourth-order valence-electron chi connectivity index (χ4n) is 2.78. The largest absolute Gasteiger partial charge is 0.496 e. The maximum Gasteiger partial charge on any atom is 0.129 e. The molecule has 1 aliphatic rings. The second kappa shape index (κ2) is 6.33. The molecule has 1 aromatic carbocycles. The van der Waals surface area contributed by atoms with Gasteiger partial charge in [0.2, 0.25) is 0 Å². The minimum absolute atomic E-state index is 0.0236. The standard InChI is InChI=1S/C15H23NO4/c1-16-6-5-12(17)11(9-16)15-13(19-3)7-10(18-2)8-14(15)20-4/h7-8,11-12,17H,5-6,9H2,1-4H3/t11?,12-/m1/s1. The predicted molar refractivity (Wildman–Crippen MR) is 77.0 cm³/mol. The molecule has 0 amide bonds. The van der Waals surface area contributed by atoms with Crippen molar-refractivity contribution < 1.29 is 19.3 Å². The van der Waals surface area contributed by atoms with E-state index in [0.717, 1.165) is 25.1 Å². The number of likely N-dealkylation sites (N-methyl/N-ethyl adjacent to an activating group) is 1. The highest BCUT2D eigenvalue weighted by molar-refractivity contribution is 5.53. The van der Waals surface area contributed by atoms with Crippen molar-refractivity contribution in [1.29, 1.82) is 0 Å². The van der Waals surface area contributed by atoms with E-state index in [1.165, 1.54) is 0 Å². The molecule has 112 valence electrons.